The minimum Gasteiger partial charge on any atom is -0.207 e. The Hall–Kier alpha value is -0.500. The van der Waals surface area contributed by atoms with Crippen LogP contribution in [0.15, 0.2) is 18.2 Å². The lowest BCUT2D eigenvalue weighted by atomic mass is 10.1. The van der Waals surface area contributed by atoms with Crippen LogP contribution in [0, 0.1) is 12.7 Å². The predicted molar refractivity (Wildman–Crippen MR) is 48.7 cm³/mol. The van der Waals surface area contributed by atoms with Crippen LogP contribution in [0.5, 0.6) is 0 Å². The third kappa shape index (κ3) is 2.22. The molecule has 0 amide bonds. The minimum absolute atomic E-state index is 0.112. The highest BCUT2D eigenvalue weighted by molar-refractivity contribution is 7.80. The molecule has 0 fully saturated rings. The summed E-state index contributed by atoms with van der Waals surface area (Å²) in [6, 6.07) is 5.29. The predicted octanol–water partition coefficient (Wildman–Crippen LogP) is 2.61. The molecule has 60 valence electrons. The topological polar surface area (TPSA) is 0 Å². The molecule has 0 unspecified atom stereocenters. The van der Waals surface area contributed by atoms with Crippen LogP contribution in [0.2, 0.25) is 0 Å². The first-order chi connectivity index (χ1) is 5.24. The first-order valence-electron chi connectivity index (χ1n) is 3.60. The van der Waals surface area contributed by atoms with Crippen LogP contribution in [0.3, 0.4) is 0 Å². The monoisotopic (exact) mass is 170 g/mol. The summed E-state index contributed by atoms with van der Waals surface area (Å²) in [4.78, 5) is 0. The first-order valence-corrected chi connectivity index (χ1v) is 4.23. The maximum atomic E-state index is 13.0. The summed E-state index contributed by atoms with van der Waals surface area (Å²) in [5.41, 5.74) is 1.72. The molecule has 0 N–H and O–H groups in total. The Bertz CT molecular complexity index is 245. The highest BCUT2D eigenvalue weighted by Gasteiger charge is 1.99. The van der Waals surface area contributed by atoms with E-state index in [1.165, 1.54) is 0 Å². The zero-order valence-corrected chi connectivity index (χ0v) is 7.37. The fraction of sp³-hybridized carbons (Fsp3) is 0.333. The maximum absolute atomic E-state index is 13.0. The second-order valence-corrected chi connectivity index (χ2v) is 3.02. The molecule has 0 nitrogen and oxygen atoms in total. The standard InChI is InChI=1S/C9H11FS/c1-7-2-3-8(4-5-11)9(10)6-7/h2-3,6,11H,4-5H2,1H3. The quantitative estimate of drug-likeness (QED) is 0.648. The van der Waals surface area contributed by atoms with Gasteiger partial charge in [0, 0.05) is 0 Å². The molecule has 11 heavy (non-hydrogen) atoms. The second kappa shape index (κ2) is 3.77. The molecule has 0 aliphatic carbocycles. The SMILES string of the molecule is Cc1ccc(CCS)c(F)c1. The van der Waals surface area contributed by atoms with E-state index in [9.17, 15) is 4.39 Å². The second-order valence-electron chi connectivity index (χ2n) is 2.57. The zero-order chi connectivity index (χ0) is 8.27. The van der Waals surface area contributed by atoms with Gasteiger partial charge in [-0.15, -0.1) is 0 Å². The normalized spacial score (nSPS) is 10.1. The molecule has 0 heterocycles. The van der Waals surface area contributed by atoms with Crippen LogP contribution in [0.1, 0.15) is 11.1 Å². The molecule has 0 spiro atoms. The maximum Gasteiger partial charge on any atom is 0.126 e. The number of thiol groups is 1. The summed E-state index contributed by atoms with van der Waals surface area (Å²) < 4.78 is 13.0. The molecular weight excluding hydrogens is 159 g/mol. The Balaban J connectivity index is 2.90. The molecule has 1 aromatic carbocycles. The first kappa shape index (κ1) is 8.60. The van der Waals surface area contributed by atoms with Gasteiger partial charge >= 0.3 is 0 Å². The van der Waals surface area contributed by atoms with Crippen molar-refractivity contribution in [2.75, 3.05) is 5.75 Å². The van der Waals surface area contributed by atoms with Gasteiger partial charge in [0.25, 0.3) is 0 Å². The number of halogens is 1. The van der Waals surface area contributed by atoms with Crippen molar-refractivity contribution >= 4 is 12.6 Å². The number of hydrogen-bond acceptors (Lipinski definition) is 1. The van der Waals surface area contributed by atoms with Crippen LogP contribution >= 0.6 is 12.6 Å². The van der Waals surface area contributed by atoms with Crippen molar-refractivity contribution in [3.63, 3.8) is 0 Å². The Morgan fingerprint density at radius 2 is 2.18 bits per heavy atom. The van der Waals surface area contributed by atoms with E-state index in [0.29, 0.717) is 12.2 Å². The molecule has 0 saturated carbocycles. The molecule has 0 saturated heterocycles. The highest BCUT2D eigenvalue weighted by atomic mass is 32.1. The highest BCUT2D eigenvalue weighted by Crippen LogP contribution is 2.10. The average Bonchev–Trinajstić information content (AvgIpc) is 1.95. The molecule has 1 rings (SSSR count). The van der Waals surface area contributed by atoms with E-state index in [0.717, 1.165) is 11.1 Å². The van der Waals surface area contributed by atoms with Crippen molar-refractivity contribution in [1.82, 2.24) is 0 Å². The lowest BCUT2D eigenvalue weighted by Gasteiger charge is -2.00. The molecule has 1 aromatic rings. The summed E-state index contributed by atoms with van der Waals surface area (Å²) in [6.45, 7) is 1.88. The molecule has 0 aliphatic rings. The van der Waals surface area contributed by atoms with E-state index in [-0.39, 0.29) is 5.82 Å². The van der Waals surface area contributed by atoms with Gasteiger partial charge in [-0.2, -0.15) is 12.6 Å². The van der Waals surface area contributed by atoms with Crippen molar-refractivity contribution in [2.45, 2.75) is 13.3 Å². The summed E-state index contributed by atoms with van der Waals surface area (Å²) in [5, 5.41) is 0. The smallest absolute Gasteiger partial charge is 0.126 e. The van der Waals surface area contributed by atoms with Gasteiger partial charge in [-0.3, -0.25) is 0 Å². The Morgan fingerprint density at radius 1 is 1.45 bits per heavy atom. The summed E-state index contributed by atoms with van der Waals surface area (Å²) in [6.07, 6.45) is 0.704. The molecule has 0 radical (unpaired) electrons. The van der Waals surface area contributed by atoms with Gasteiger partial charge in [0.1, 0.15) is 5.82 Å². The van der Waals surface area contributed by atoms with E-state index in [4.69, 9.17) is 0 Å². The largest absolute Gasteiger partial charge is 0.207 e. The van der Waals surface area contributed by atoms with Crippen molar-refractivity contribution in [3.05, 3.63) is 35.1 Å². The molecule has 0 bridgehead atoms. The van der Waals surface area contributed by atoms with E-state index in [1.54, 1.807) is 6.07 Å². The van der Waals surface area contributed by atoms with Gasteiger partial charge in [-0.25, -0.2) is 4.39 Å². The van der Waals surface area contributed by atoms with E-state index < -0.39 is 0 Å². The number of rotatable bonds is 2. The molecule has 0 aromatic heterocycles. The van der Waals surface area contributed by atoms with Gasteiger partial charge < -0.3 is 0 Å². The van der Waals surface area contributed by atoms with Gasteiger partial charge in [0.05, 0.1) is 0 Å². The summed E-state index contributed by atoms with van der Waals surface area (Å²) in [7, 11) is 0. The zero-order valence-electron chi connectivity index (χ0n) is 6.47. The van der Waals surface area contributed by atoms with E-state index in [1.807, 2.05) is 19.1 Å². The van der Waals surface area contributed by atoms with Crippen molar-refractivity contribution in [1.29, 1.82) is 0 Å². The molecule has 0 atom stereocenters. The number of aryl methyl sites for hydroxylation is 2. The van der Waals surface area contributed by atoms with E-state index in [2.05, 4.69) is 12.6 Å². The molecule has 2 heteroatoms. The lowest BCUT2D eigenvalue weighted by Crippen LogP contribution is -1.91. The lowest BCUT2D eigenvalue weighted by molar-refractivity contribution is 0.611. The van der Waals surface area contributed by atoms with Crippen LogP contribution in [0.4, 0.5) is 4.39 Å². The Morgan fingerprint density at radius 3 is 2.73 bits per heavy atom. The van der Waals surface area contributed by atoms with Gasteiger partial charge in [0.2, 0.25) is 0 Å². The Labute approximate surface area is 71.8 Å². The van der Waals surface area contributed by atoms with Crippen molar-refractivity contribution in [2.24, 2.45) is 0 Å². The van der Waals surface area contributed by atoms with Gasteiger partial charge in [-0.1, -0.05) is 12.1 Å². The summed E-state index contributed by atoms with van der Waals surface area (Å²) in [5.74, 6) is 0.582. The third-order valence-corrected chi connectivity index (χ3v) is 1.81. The van der Waals surface area contributed by atoms with Crippen molar-refractivity contribution in [3.8, 4) is 0 Å². The summed E-state index contributed by atoms with van der Waals surface area (Å²) >= 11 is 4.04. The van der Waals surface area contributed by atoms with Crippen LogP contribution < -0.4 is 0 Å². The average molecular weight is 170 g/mol. The minimum atomic E-state index is -0.112. The fourth-order valence-corrected chi connectivity index (χ4v) is 1.22. The number of hydrogen-bond donors (Lipinski definition) is 1. The van der Waals surface area contributed by atoms with Crippen LogP contribution in [-0.2, 0) is 6.42 Å². The van der Waals surface area contributed by atoms with Crippen LogP contribution in [0.25, 0.3) is 0 Å². The Kier molecular flexibility index (Phi) is 2.94. The molecular formula is C9H11FS. The third-order valence-electron chi connectivity index (χ3n) is 1.59. The fourth-order valence-electron chi connectivity index (χ4n) is 0.976. The van der Waals surface area contributed by atoms with E-state index >= 15 is 0 Å². The molecule has 0 aliphatic heterocycles. The van der Waals surface area contributed by atoms with Gasteiger partial charge in [-0.05, 0) is 36.3 Å². The van der Waals surface area contributed by atoms with Crippen molar-refractivity contribution < 1.29 is 4.39 Å². The van der Waals surface area contributed by atoms with Crippen LogP contribution in [-0.4, -0.2) is 5.75 Å². The number of benzene rings is 1. The van der Waals surface area contributed by atoms with Gasteiger partial charge in [0.15, 0.2) is 0 Å².